The molecule has 16 heavy (non-hydrogen) atoms. The van der Waals surface area contributed by atoms with Gasteiger partial charge in [0.05, 0.1) is 0 Å². The van der Waals surface area contributed by atoms with E-state index in [1.54, 1.807) is 21.3 Å². The fourth-order valence-corrected chi connectivity index (χ4v) is 24.5. The van der Waals surface area contributed by atoms with Crippen molar-refractivity contribution < 1.29 is 13.3 Å². The zero-order valence-electron chi connectivity index (χ0n) is 9.64. The zero-order valence-corrected chi connectivity index (χ0v) is 15.3. The molecular formula is C10H16O3SiTe2. The summed E-state index contributed by atoms with van der Waals surface area (Å²) in [5.74, 6) is 0. The van der Waals surface area contributed by atoms with Gasteiger partial charge in [-0.3, -0.25) is 0 Å². The number of rotatable bonds is 7. The standard InChI is InChI=1S/C10H16O3SiTe2/c1-11-14(12-2,13-3)9-15-16-10-7-5-4-6-8-10/h4-8H,9H2,1-3H3. The molecule has 0 aromatic heterocycles. The van der Waals surface area contributed by atoms with Crippen LogP contribution in [0.3, 0.4) is 0 Å². The van der Waals surface area contributed by atoms with Gasteiger partial charge < -0.3 is 0 Å². The first-order valence-corrected chi connectivity index (χ1v) is 16.8. The van der Waals surface area contributed by atoms with Crippen LogP contribution >= 0.6 is 0 Å². The summed E-state index contributed by atoms with van der Waals surface area (Å²) in [5, 5.41) is 0. The predicted molar refractivity (Wildman–Crippen MR) is 69.2 cm³/mol. The van der Waals surface area contributed by atoms with E-state index < -0.39 is 8.80 Å². The van der Waals surface area contributed by atoms with Gasteiger partial charge in [0.15, 0.2) is 0 Å². The van der Waals surface area contributed by atoms with Crippen molar-refractivity contribution in [1.82, 2.24) is 0 Å². The molecule has 3 nitrogen and oxygen atoms in total. The minimum absolute atomic E-state index is 0.0140. The van der Waals surface area contributed by atoms with E-state index in [4.69, 9.17) is 13.3 Å². The van der Waals surface area contributed by atoms with Gasteiger partial charge in [-0.2, -0.15) is 0 Å². The van der Waals surface area contributed by atoms with Gasteiger partial charge in [0.1, 0.15) is 0 Å². The van der Waals surface area contributed by atoms with Crippen molar-refractivity contribution >= 4 is 46.5 Å². The quantitative estimate of drug-likeness (QED) is 0.546. The predicted octanol–water partition coefficient (Wildman–Crippen LogP) is 0.471. The molecule has 0 atom stereocenters. The van der Waals surface area contributed by atoms with E-state index in [1.165, 1.54) is 3.61 Å². The van der Waals surface area contributed by atoms with Crippen molar-refractivity contribution in [3.05, 3.63) is 30.3 Å². The van der Waals surface area contributed by atoms with E-state index in [0.717, 1.165) is 4.09 Å². The maximum absolute atomic E-state index is 5.42. The molecular weight excluding hydrogens is 451 g/mol. The van der Waals surface area contributed by atoms with Crippen LogP contribution in [0.1, 0.15) is 0 Å². The summed E-state index contributed by atoms with van der Waals surface area (Å²) < 4.78 is 18.8. The van der Waals surface area contributed by atoms with Crippen LogP contribution in [0, 0.1) is 0 Å². The zero-order chi connectivity index (χ0) is 11.9. The Bertz CT molecular complexity index is 285. The van der Waals surface area contributed by atoms with Crippen LogP contribution in [0.2, 0.25) is 4.09 Å². The van der Waals surface area contributed by atoms with E-state index in [0.29, 0.717) is 0 Å². The first-order valence-electron chi connectivity index (χ1n) is 4.76. The molecule has 0 unspecified atom stereocenters. The second kappa shape index (κ2) is 8.08. The molecule has 0 amide bonds. The Hall–Kier alpha value is 0.896. The number of hydrogen-bond donors (Lipinski definition) is 0. The molecule has 0 saturated carbocycles. The summed E-state index contributed by atoms with van der Waals surface area (Å²) in [7, 11) is 2.79. The molecule has 0 spiro atoms. The normalized spacial score (nSPS) is 11.7. The molecule has 0 aliphatic rings. The Balaban J connectivity index is 2.39. The Labute approximate surface area is 115 Å². The molecule has 1 rings (SSSR count). The van der Waals surface area contributed by atoms with Crippen LogP contribution in [0.4, 0.5) is 0 Å². The molecule has 6 heteroatoms. The van der Waals surface area contributed by atoms with Crippen molar-refractivity contribution in [2.45, 2.75) is 4.09 Å². The minimum atomic E-state index is -2.28. The van der Waals surface area contributed by atoms with Crippen LogP contribution in [0.15, 0.2) is 30.3 Å². The van der Waals surface area contributed by atoms with Crippen molar-refractivity contribution in [2.75, 3.05) is 21.3 Å². The SMILES string of the molecule is CO[Si](C[Te][Te]c1ccccc1)(OC)OC. The van der Waals surface area contributed by atoms with Gasteiger partial charge in [-0.15, -0.1) is 0 Å². The van der Waals surface area contributed by atoms with E-state index in [-0.39, 0.29) is 34.1 Å². The molecule has 0 radical (unpaired) electrons. The van der Waals surface area contributed by atoms with Crippen molar-refractivity contribution in [3.8, 4) is 0 Å². The Morgan fingerprint density at radius 2 is 1.56 bits per heavy atom. The van der Waals surface area contributed by atoms with Crippen LogP contribution in [0.5, 0.6) is 0 Å². The summed E-state index contributed by atoms with van der Waals surface area (Å²) in [5.41, 5.74) is 0. The van der Waals surface area contributed by atoms with Crippen LogP contribution in [-0.4, -0.2) is 64.2 Å². The van der Waals surface area contributed by atoms with Gasteiger partial charge >= 0.3 is 116 Å². The first kappa shape index (κ1) is 15.0. The van der Waals surface area contributed by atoms with Gasteiger partial charge in [-0.1, -0.05) is 0 Å². The van der Waals surface area contributed by atoms with Gasteiger partial charge in [0.25, 0.3) is 0 Å². The van der Waals surface area contributed by atoms with Crippen molar-refractivity contribution in [3.63, 3.8) is 0 Å². The summed E-state index contributed by atoms with van der Waals surface area (Å²) in [6.07, 6.45) is 0. The van der Waals surface area contributed by atoms with Gasteiger partial charge in [0, 0.05) is 0 Å². The molecule has 0 bridgehead atoms. The second-order valence-electron chi connectivity index (χ2n) is 2.95. The Kier molecular flexibility index (Phi) is 7.55. The fourth-order valence-electron chi connectivity index (χ4n) is 1.07. The molecule has 1 aromatic carbocycles. The third kappa shape index (κ3) is 4.64. The van der Waals surface area contributed by atoms with E-state index >= 15 is 0 Å². The van der Waals surface area contributed by atoms with E-state index in [2.05, 4.69) is 30.3 Å². The number of hydrogen-bond acceptors (Lipinski definition) is 3. The Morgan fingerprint density at radius 3 is 2.06 bits per heavy atom. The molecule has 1 aromatic rings. The average molecular weight is 468 g/mol. The third-order valence-corrected chi connectivity index (χ3v) is 22.8. The first-order chi connectivity index (χ1) is 7.76. The van der Waals surface area contributed by atoms with E-state index in [9.17, 15) is 0 Å². The Morgan fingerprint density at radius 1 is 1.00 bits per heavy atom. The van der Waals surface area contributed by atoms with Crippen molar-refractivity contribution in [2.24, 2.45) is 0 Å². The van der Waals surface area contributed by atoms with Gasteiger partial charge in [-0.05, 0) is 0 Å². The molecule has 0 aliphatic carbocycles. The second-order valence-corrected chi connectivity index (χ2v) is 18.5. The molecule has 0 aliphatic heterocycles. The van der Waals surface area contributed by atoms with Crippen LogP contribution in [-0.2, 0) is 13.3 Å². The summed E-state index contributed by atoms with van der Waals surface area (Å²) in [6.45, 7) is 0. The van der Waals surface area contributed by atoms with Gasteiger partial charge in [0.2, 0.25) is 0 Å². The van der Waals surface area contributed by atoms with E-state index in [1.807, 2.05) is 0 Å². The number of benzene rings is 1. The summed E-state index contributed by atoms with van der Waals surface area (Å²) in [4.78, 5) is 0. The molecule has 90 valence electrons. The average Bonchev–Trinajstić information content (AvgIpc) is 2.37. The molecule has 0 saturated heterocycles. The van der Waals surface area contributed by atoms with Crippen LogP contribution in [0.25, 0.3) is 0 Å². The maximum atomic E-state index is 5.42. The van der Waals surface area contributed by atoms with Gasteiger partial charge in [-0.25, -0.2) is 0 Å². The summed E-state index contributed by atoms with van der Waals surface area (Å²) in [6, 6.07) is 10.7. The van der Waals surface area contributed by atoms with Crippen LogP contribution < -0.4 is 3.61 Å². The molecule has 0 fully saturated rings. The third-order valence-electron chi connectivity index (χ3n) is 2.07. The fraction of sp³-hybridized carbons (Fsp3) is 0.400. The monoisotopic (exact) mass is 472 g/mol. The topological polar surface area (TPSA) is 27.7 Å². The summed E-state index contributed by atoms with van der Waals surface area (Å²) >= 11 is -0.0409. The molecule has 0 N–H and O–H groups in total. The molecule has 0 heterocycles. The van der Waals surface area contributed by atoms with Crippen molar-refractivity contribution in [1.29, 1.82) is 0 Å².